The van der Waals surface area contributed by atoms with Crippen LogP contribution in [0.3, 0.4) is 0 Å². The molecule has 2 amide bonds. The van der Waals surface area contributed by atoms with Crippen LogP contribution in [0.15, 0.2) is 54.6 Å². The molecule has 0 heterocycles. The normalized spacial score (nSPS) is 13.4. The van der Waals surface area contributed by atoms with Crippen LogP contribution in [-0.4, -0.2) is 57.2 Å². The molecule has 32 heavy (non-hydrogen) atoms. The van der Waals surface area contributed by atoms with Gasteiger partial charge in [0, 0.05) is 6.42 Å². The number of aromatic hydroxyl groups is 1. The molecule has 10 heteroatoms. The van der Waals surface area contributed by atoms with Gasteiger partial charge in [-0.25, -0.2) is 4.79 Å². The van der Waals surface area contributed by atoms with Gasteiger partial charge in [-0.1, -0.05) is 42.5 Å². The molecule has 0 aliphatic carbocycles. The Balaban J connectivity index is 2.05. The Labute approximate surface area is 184 Å². The molecule has 0 radical (unpaired) electrons. The van der Waals surface area contributed by atoms with E-state index in [1.165, 1.54) is 12.1 Å². The topological polar surface area (TPSA) is 179 Å². The van der Waals surface area contributed by atoms with Gasteiger partial charge in [0.05, 0.1) is 12.5 Å². The van der Waals surface area contributed by atoms with Gasteiger partial charge in [-0.15, -0.1) is 0 Å². The van der Waals surface area contributed by atoms with Crippen molar-refractivity contribution in [3.63, 3.8) is 0 Å². The second kappa shape index (κ2) is 11.5. The average Bonchev–Trinajstić information content (AvgIpc) is 2.74. The molecule has 170 valence electrons. The molecule has 0 aliphatic heterocycles. The van der Waals surface area contributed by atoms with Gasteiger partial charge in [-0.2, -0.15) is 0 Å². The van der Waals surface area contributed by atoms with Crippen molar-refractivity contribution < 1.29 is 34.5 Å². The van der Waals surface area contributed by atoms with Crippen molar-refractivity contribution in [3.8, 4) is 5.75 Å². The van der Waals surface area contributed by atoms with Gasteiger partial charge in [0.25, 0.3) is 0 Å². The lowest BCUT2D eigenvalue weighted by Gasteiger charge is -2.22. The lowest BCUT2D eigenvalue weighted by atomic mass is 10.0. The van der Waals surface area contributed by atoms with Gasteiger partial charge in [-0.3, -0.25) is 14.4 Å². The Morgan fingerprint density at radius 2 is 1.34 bits per heavy atom. The molecule has 7 N–H and O–H groups in total. The van der Waals surface area contributed by atoms with Crippen molar-refractivity contribution in [2.75, 3.05) is 0 Å². The quantitative estimate of drug-likeness (QED) is 0.281. The van der Waals surface area contributed by atoms with Crippen molar-refractivity contribution >= 4 is 23.8 Å². The summed E-state index contributed by atoms with van der Waals surface area (Å²) in [6.07, 6.45) is -0.684. The van der Waals surface area contributed by atoms with Crippen LogP contribution in [0.2, 0.25) is 0 Å². The second-order valence-corrected chi connectivity index (χ2v) is 7.23. The molecule has 0 bridgehead atoms. The highest BCUT2D eigenvalue weighted by Gasteiger charge is 2.29. The lowest BCUT2D eigenvalue weighted by Crippen LogP contribution is -2.55. The van der Waals surface area contributed by atoms with E-state index in [-0.39, 0.29) is 18.6 Å². The molecule has 0 fully saturated rings. The largest absolute Gasteiger partial charge is 0.508 e. The maximum atomic E-state index is 12.6. The number of phenols is 1. The first-order valence-corrected chi connectivity index (χ1v) is 9.78. The number of carbonyl (C=O) groups is 4. The van der Waals surface area contributed by atoms with Crippen LogP contribution >= 0.6 is 0 Å². The second-order valence-electron chi connectivity index (χ2n) is 7.23. The highest BCUT2D eigenvalue weighted by Crippen LogP contribution is 2.11. The zero-order valence-electron chi connectivity index (χ0n) is 17.1. The summed E-state index contributed by atoms with van der Waals surface area (Å²) >= 11 is 0. The lowest BCUT2D eigenvalue weighted by molar-refractivity contribution is -0.143. The summed E-state index contributed by atoms with van der Waals surface area (Å²) in [6.45, 7) is 0. The number of hydrogen-bond donors (Lipinski definition) is 6. The van der Waals surface area contributed by atoms with Gasteiger partial charge in [0.2, 0.25) is 11.8 Å². The third-order valence-electron chi connectivity index (χ3n) is 4.64. The molecule has 10 nitrogen and oxygen atoms in total. The fraction of sp³-hybridized carbons (Fsp3) is 0.273. The predicted molar refractivity (Wildman–Crippen MR) is 114 cm³/mol. The zero-order valence-corrected chi connectivity index (χ0v) is 17.1. The molecule has 2 aromatic rings. The van der Waals surface area contributed by atoms with E-state index in [0.717, 1.165) is 0 Å². The molecule has 2 aromatic carbocycles. The summed E-state index contributed by atoms with van der Waals surface area (Å²) < 4.78 is 0. The van der Waals surface area contributed by atoms with Gasteiger partial charge in [0.1, 0.15) is 17.8 Å². The number of aliphatic carboxylic acids is 2. The van der Waals surface area contributed by atoms with Crippen LogP contribution in [0, 0.1) is 0 Å². The Hall–Kier alpha value is -3.92. The number of amides is 2. The van der Waals surface area contributed by atoms with Crippen molar-refractivity contribution in [1.29, 1.82) is 0 Å². The summed E-state index contributed by atoms with van der Waals surface area (Å²) in [6, 6.07) is 10.7. The Kier molecular flexibility index (Phi) is 8.72. The number of nitrogens with one attached hydrogen (secondary N) is 2. The predicted octanol–water partition coefficient (Wildman–Crippen LogP) is 0.0336. The van der Waals surface area contributed by atoms with E-state index in [0.29, 0.717) is 11.1 Å². The Morgan fingerprint density at radius 3 is 1.91 bits per heavy atom. The van der Waals surface area contributed by atoms with Gasteiger partial charge >= 0.3 is 11.9 Å². The monoisotopic (exact) mass is 443 g/mol. The average molecular weight is 443 g/mol. The third kappa shape index (κ3) is 7.73. The summed E-state index contributed by atoms with van der Waals surface area (Å²) in [5.41, 5.74) is 7.18. The fourth-order valence-corrected chi connectivity index (χ4v) is 2.96. The van der Waals surface area contributed by atoms with Gasteiger partial charge < -0.3 is 31.7 Å². The van der Waals surface area contributed by atoms with Crippen molar-refractivity contribution in [1.82, 2.24) is 10.6 Å². The van der Waals surface area contributed by atoms with Crippen LogP contribution in [0.4, 0.5) is 0 Å². The van der Waals surface area contributed by atoms with Crippen LogP contribution in [0.5, 0.6) is 5.75 Å². The minimum atomic E-state index is -1.51. The van der Waals surface area contributed by atoms with E-state index < -0.39 is 48.3 Å². The maximum absolute atomic E-state index is 12.6. The number of rotatable bonds is 11. The number of nitrogens with two attached hydrogens (primary N) is 1. The number of phenolic OH excluding ortho intramolecular Hbond substituents is 1. The molecule has 3 atom stereocenters. The van der Waals surface area contributed by atoms with Crippen LogP contribution in [-0.2, 0) is 32.0 Å². The van der Waals surface area contributed by atoms with Gasteiger partial charge in [-0.05, 0) is 29.7 Å². The molecule has 2 rings (SSSR count). The number of benzene rings is 2. The fourth-order valence-electron chi connectivity index (χ4n) is 2.96. The van der Waals surface area contributed by atoms with E-state index in [1.807, 2.05) is 0 Å². The molecule has 0 saturated heterocycles. The molecular weight excluding hydrogens is 418 g/mol. The zero-order chi connectivity index (χ0) is 23.7. The minimum Gasteiger partial charge on any atom is -0.508 e. The van der Waals surface area contributed by atoms with Crippen LogP contribution in [0.1, 0.15) is 17.5 Å². The van der Waals surface area contributed by atoms with Crippen LogP contribution in [0.25, 0.3) is 0 Å². The maximum Gasteiger partial charge on any atom is 0.326 e. The first kappa shape index (κ1) is 24.4. The summed E-state index contributed by atoms with van der Waals surface area (Å²) in [4.78, 5) is 47.8. The van der Waals surface area contributed by atoms with Crippen molar-refractivity contribution in [3.05, 3.63) is 65.7 Å². The number of carbonyl (C=O) groups excluding carboxylic acids is 2. The Bertz CT molecular complexity index is 948. The van der Waals surface area contributed by atoms with E-state index in [4.69, 9.17) is 10.8 Å². The molecule has 0 aromatic heterocycles. The van der Waals surface area contributed by atoms with E-state index in [2.05, 4.69) is 10.6 Å². The number of carboxylic acids is 2. The molecule has 0 aliphatic rings. The van der Waals surface area contributed by atoms with Crippen molar-refractivity contribution in [2.45, 2.75) is 37.4 Å². The van der Waals surface area contributed by atoms with E-state index in [1.54, 1.807) is 42.5 Å². The summed E-state index contributed by atoms with van der Waals surface area (Å²) in [7, 11) is 0. The summed E-state index contributed by atoms with van der Waals surface area (Å²) in [5, 5.41) is 32.5. The smallest absolute Gasteiger partial charge is 0.326 e. The first-order valence-electron chi connectivity index (χ1n) is 9.78. The first-order chi connectivity index (χ1) is 15.2. The molecule has 0 spiro atoms. The summed E-state index contributed by atoms with van der Waals surface area (Å²) in [5.74, 6) is -4.32. The van der Waals surface area contributed by atoms with Crippen LogP contribution < -0.4 is 16.4 Å². The highest BCUT2D eigenvalue weighted by molar-refractivity contribution is 5.94. The molecular formula is C22H25N3O7. The van der Waals surface area contributed by atoms with Crippen molar-refractivity contribution in [2.24, 2.45) is 5.73 Å². The molecule has 0 saturated carbocycles. The van der Waals surface area contributed by atoms with E-state index in [9.17, 15) is 29.4 Å². The number of carboxylic acid groups (broad SMARTS) is 2. The standard InChI is InChI=1S/C22H25N3O7/c23-16(10-14-6-8-15(26)9-7-14)20(29)24-17(12-19(27)28)21(30)25-18(22(31)32)11-13-4-2-1-3-5-13/h1-9,16-18,26H,10-12,23H2,(H,24,29)(H,25,30)(H,27,28)(H,31,32)/t16-,17-,18-/m0/s1. The SMILES string of the molecule is N[C@@H](Cc1ccc(O)cc1)C(=O)N[C@@H](CC(=O)O)C(=O)N[C@@H](Cc1ccccc1)C(=O)O. The third-order valence-corrected chi connectivity index (χ3v) is 4.64. The number of hydrogen-bond acceptors (Lipinski definition) is 6. The van der Waals surface area contributed by atoms with E-state index >= 15 is 0 Å². The Morgan fingerprint density at radius 1 is 0.781 bits per heavy atom. The minimum absolute atomic E-state index is 0.0178. The molecule has 0 unspecified atom stereocenters. The van der Waals surface area contributed by atoms with Gasteiger partial charge in [0.15, 0.2) is 0 Å². The highest BCUT2D eigenvalue weighted by atomic mass is 16.4.